The van der Waals surface area contributed by atoms with Gasteiger partial charge < -0.3 is 5.32 Å². The Bertz CT molecular complexity index is 755. The number of carbonyl (C=O) groups excluding carboxylic acids is 1. The van der Waals surface area contributed by atoms with E-state index in [9.17, 15) is 31.1 Å². The molecule has 134 valence electrons. The number of alkyl halides is 6. The minimum absolute atomic E-state index is 0.0517. The second-order valence-corrected chi connectivity index (χ2v) is 5.06. The molecular formula is C16H12F6N2O. The Kier molecular flexibility index (Phi) is 5.34. The molecule has 0 aliphatic heterocycles. The fraction of sp³-hybridized carbons (Fsp3) is 0.250. The van der Waals surface area contributed by atoms with Gasteiger partial charge in [0.1, 0.15) is 5.69 Å². The van der Waals surface area contributed by atoms with E-state index in [0.717, 1.165) is 24.3 Å². The summed E-state index contributed by atoms with van der Waals surface area (Å²) in [5.41, 5.74) is -2.63. The van der Waals surface area contributed by atoms with Gasteiger partial charge >= 0.3 is 12.4 Å². The predicted octanol–water partition coefficient (Wildman–Crippen LogP) is 4.09. The van der Waals surface area contributed by atoms with Crippen molar-refractivity contribution in [2.24, 2.45) is 0 Å². The number of hydrogen-bond acceptors (Lipinski definition) is 2. The van der Waals surface area contributed by atoms with Crippen LogP contribution in [0.15, 0.2) is 42.5 Å². The lowest BCUT2D eigenvalue weighted by atomic mass is 10.1. The molecule has 0 bridgehead atoms. The van der Waals surface area contributed by atoms with E-state index in [2.05, 4.69) is 10.3 Å². The largest absolute Gasteiger partial charge is 0.433 e. The van der Waals surface area contributed by atoms with Crippen molar-refractivity contribution < 1.29 is 31.1 Å². The summed E-state index contributed by atoms with van der Waals surface area (Å²) in [6.07, 6.45) is -9.33. The van der Waals surface area contributed by atoms with E-state index in [1.807, 2.05) is 0 Å². The molecule has 0 aliphatic rings. The van der Waals surface area contributed by atoms with Crippen LogP contribution in [0.1, 0.15) is 27.3 Å². The van der Waals surface area contributed by atoms with Gasteiger partial charge in [0, 0.05) is 18.7 Å². The number of halogens is 6. The van der Waals surface area contributed by atoms with Gasteiger partial charge in [0.15, 0.2) is 0 Å². The van der Waals surface area contributed by atoms with Crippen LogP contribution < -0.4 is 5.32 Å². The third-order valence-electron chi connectivity index (χ3n) is 3.24. The lowest BCUT2D eigenvalue weighted by Gasteiger charge is -2.12. The van der Waals surface area contributed by atoms with Crippen molar-refractivity contribution in [2.75, 3.05) is 6.54 Å². The average Bonchev–Trinajstić information content (AvgIpc) is 2.53. The summed E-state index contributed by atoms with van der Waals surface area (Å²) in [5.74, 6) is -0.958. The quantitative estimate of drug-likeness (QED) is 0.833. The molecule has 0 saturated heterocycles. The molecule has 1 N–H and O–H groups in total. The first kappa shape index (κ1) is 18.8. The van der Waals surface area contributed by atoms with E-state index in [-0.39, 0.29) is 18.7 Å². The molecule has 0 radical (unpaired) electrons. The molecule has 0 fully saturated rings. The molecule has 0 atom stereocenters. The van der Waals surface area contributed by atoms with Crippen molar-refractivity contribution in [1.82, 2.24) is 10.3 Å². The number of aromatic nitrogens is 1. The maximum atomic E-state index is 12.9. The lowest BCUT2D eigenvalue weighted by Crippen LogP contribution is -2.28. The number of carbonyl (C=O) groups is 1. The fourth-order valence-electron chi connectivity index (χ4n) is 2.10. The summed E-state index contributed by atoms with van der Waals surface area (Å²) in [7, 11) is 0. The first-order valence-electron chi connectivity index (χ1n) is 7.06. The average molecular weight is 362 g/mol. The molecule has 2 rings (SSSR count). The molecule has 1 amide bonds. The summed E-state index contributed by atoms with van der Waals surface area (Å²) >= 11 is 0. The minimum atomic E-state index is -4.68. The van der Waals surface area contributed by atoms with E-state index in [1.165, 1.54) is 18.2 Å². The fourth-order valence-corrected chi connectivity index (χ4v) is 2.10. The van der Waals surface area contributed by atoms with Crippen molar-refractivity contribution in [1.29, 1.82) is 0 Å². The third kappa shape index (κ3) is 4.94. The highest BCUT2D eigenvalue weighted by atomic mass is 19.4. The van der Waals surface area contributed by atoms with Crippen LogP contribution in [0.4, 0.5) is 26.3 Å². The highest BCUT2D eigenvalue weighted by molar-refractivity contribution is 5.95. The molecule has 1 aromatic heterocycles. The molecule has 0 unspecified atom stereocenters. The Balaban J connectivity index is 2.03. The van der Waals surface area contributed by atoms with Crippen LogP contribution >= 0.6 is 0 Å². The van der Waals surface area contributed by atoms with Crippen LogP contribution in [-0.4, -0.2) is 17.4 Å². The Morgan fingerprint density at radius 2 is 1.60 bits per heavy atom. The number of rotatable bonds is 4. The number of nitrogens with one attached hydrogen (secondary N) is 1. The topological polar surface area (TPSA) is 42.0 Å². The molecule has 1 aromatic carbocycles. The standard InChI is InChI=1S/C16H12F6N2O/c17-15(18,19)12-6-2-1-5-11(12)14(25)23-9-8-10-4-3-7-13(24-10)16(20,21)22/h1-7H,8-9H2,(H,23,25). The van der Waals surface area contributed by atoms with Crippen LogP contribution in [0.3, 0.4) is 0 Å². The number of benzene rings is 1. The zero-order chi connectivity index (χ0) is 18.7. The van der Waals surface area contributed by atoms with E-state index in [0.29, 0.717) is 0 Å². The molecule has 0 spiro atoms. The second kappa shape index (κ2) is 7.12. The molecule has 0 aliphatic carbocycles. The maximum Gasteiger partial charge on any atom is 0.433 e. The van der Waals surface area contributed by atoms with Gasteiger partial charge in [0.05, 0.1) is 11.1 Å². The highest BCUT2D eigenvalue weighted by Crippen LogP contribution is 2.31. The van der Waals surface area contributed by atoms with Crippen LogP contribution in [0, 0.1) is 0 Å². The predicted molar refractivity (Wildman–Crippen MR) is 76.7 cm³/mol. The molecule has 25 heavy (non-hydrogen) atoms. The minimum Gasteiger partial charge on any atom is -0.352 e. The number of pyridine rings is 1. The van der Waals surface area contributed by atoms with Crippen molar-refractivity contribution in [3.8, 4) is 0 Å². The van der Waals surface area contributed by atoms with Gasteiger partial charge in [-0.05, 0) is 24.3 Å². The second-order valence-electron chi connectivity index (χ2n) is 5.06. The number of amides is 1. The van der Waals surface area contributed by atoms with E-state index < -0.39 is 35.1 Å². The van der Waals surface area contributed by atoms with Gasteiger partial charge in [0.25, 0.3) is 5.91 Å². The van der Waals surface area contributed by atoms with Gasteiger partial charge in [-0.15, -0.1) is 0 Å². The van der Waals surface area contributed by atoms with Crippen LogP contribution in [0.25, 0.3) is 0 Å². The molecule has 1 heterocycles. The number of hydrogen-bond donors (Lipinski definition) is 1. The van der Waals surface area contributed by atoms with Gasteiger partial charge in [0.2, 0.25) is 0 Å². The summed E-state index contributed by atoms with van der Waals surface area (Å²) in [6.45, 7) is -0.153. The van der Waals surface area contributed by atoms with E-state index in [1.54, 1.807) is 0 Å². The van der Waals surface area contributed by atoms with Crippen molar-refractivity contribution in [3.63, 3.8) is 0 Å². The maximum absolute atomic E-state index is 12.9. The normalized spacial score (nSPS) is 12.1. The van der Waals surface area contributed by atoms with Crippen LogP contribution in [0.5, 0.6) is 0 Å². The Hall–Kier alpha value is -2.58. The van der Waals surface area contributed by atoms with Crippen molar-refractivity contribution in [2.45, 2.75) is 18.8 Å². The van der Waals surface area contributed by atoms with Crippen LogP contribution in [0.2, 0.25) is 0 Å². The van der Waals surface area contributed by atoms with Crippen molar-refractivity contribution in [3.05, 3.63) is 65.0 Å². The molecule has 3 nitrogen and oxygen atoms in total. The van der Waals surface area contributed by atoms with Gasteiger partial charge in [-0.2, -0.15) is 26.3 Å². The van der Waals surface area contributed by atoms with Crippen molar-refractivity contribution >= 4 is 5.91 Å². The summed E-state index contributed by atoms with van der Waals surface area (Å²) in [6, 6.07) is 7.58. The van der Waals surface area contributed by atoms with Crippen LogP contribution in [-0.2, 0) is 18.8 Å². The summed E-state index contributed by atoms with van der Waals surface area (Å²) in [5, 5.41) is 2.26. The smallest absolute Gasteiger partial charge is 0.352 e. The monoisotopic (exact) mass is 362 g/mol. The molecule has 2 aromatic rings. The van der Waals surface area contributed by atoms with E-state index in [4.69, 9.17) is 0 Å². The van der Waals surface area contributed by atoms with Gasteiger partial charge in [-0.25, -0.2) is 4.98 Å². The lowest BCUT2D eigenvalue weighted by molar-refractivity contribution is -0.141. The summed E-state index contributed by atoms with van der Waals surface area (Å²) in [4.78, 5) is 15.3. The van der Waals surface area contributed by atoms with Gasteiger partial charge in [-0.1, -0.05) is 18.2 Å². The zero-order valence-electron chi connectivity index (χ0n) is 12.6. The Morgan fingerprint density at radius 1 is 0.920 bits per heavy atom. The third-order valence-corrected chi connectivity index (χ3v) is 3.24. The Labute approximate surface area is 138 Å². The summed E-state index contributed by atoms with van der Waals surface area (Å²) < 4.78 is 76.2. The first-order chi connectivity index (χ1) is 11.6. The molecule has 9 heteroatoms. The zero-order valence-corrected chi connectivity index (χ0v) is 12.6. The highest BCUT2D eigenvalue weighted by Gasteiger charge is 2.35. The first-order valence-corrected chi connectivity index (χ1v) is 7.06. The van der Waals surface area contributed by atoms with E-state index >= 15 is 0 Å². The number of nitrogens with zero attached hydrogens (tertiary/aromatic N) is 1. The molecule has 0 saturated carbocycles. The van der Waals surface area contributed by atoms with Gasteiger partial charge in [-0.3, -0.25) is 4.79 Å². The Morgan fingerprint density at radius 3 is 2.24 bits per heavy atom. The molecular weight excluding hydrogens is 350 g/mol. The SMILES string of the molecule is O=C(NCCc1cccc(C(F)(F)F)n1)c1ccccc1C(F)(F)F.